The van der Waals surface area contributed by atoms with Crippen molar-refractivity contribution in [3.8, 4) is 5.75 Å². The van der Waals surface area contributed by atoms with Crippen molar-refractivity contribution >= 4 is 39.4 Å². The van der Waals surface area contributed by atoms with E-state index in [1.54, 1.807) is 6.07 Å². The molecule has 1 N–H and O–H groups in total. The number of aromatic hydroxyl groups is 1. The fraction of sp³-hybridized carbons (Fsp3) is 0.0714. The molecule has 0 bridgehead atoms. The second-order valence-corrected chi connectivity index (χ2v) is 5.45. The molecule has 2 nitrogen and oxygen atoms in total. The van der Waals surface area contributed by atoms with Gasteiger partial charge < -0.3 is 5.11 Å². The van der Waals surface area contributed by atoms with Crippen LogP contribution in [-0.4, -0.2) is 11.3 Å². The highest BCUT2D eigenvalue weighted by atomic mass is 79.9. The third-order valence-electron chi connectivity index (χ3n) is 2.58. The third-order valence-corrected chi connectivity index (χ3v) is 3.33. The van der Waals surface area contributed by atoms with Crippen molar-refractivity contribution in [3.05, 3.63) is 57.0 Å². The summed E-state index contributed by atoms with van der Waals surface area (Å²) < 4.78 is 38.4. The van der Waals surface area contributed by atoms with Gasteiger partial charge in [-0.1, -0.05) is 33.6 Å². The Labute approximate surface area is 132 Å². The summed E-state index contributed by atoms with van der Waals surface area (Å²) in [5, 5.41) is 9.88. The van der Waals surface area contributed by atoms with Gasteiger partial charge >= 0.3 is 6.18 Å². The van der Waals surface area contributed by atoms with E-state index < -0.39 is 11.7 Å². The lowest BCUT2D eigenvalue weighted by molar-refractivity contribution is -0.137. The number of phenols is 1. The smallest absolute Gasteiger partial charge is 0.416 e. The van der Waals surface area contributed by atoms with Crippen LogP contribution in [0.3, 0.4) is 0 Å². The number of hydrogen-bond acceptors (Lipinski definition) is 2. The molecule has 0 heterocycles. The molecule has 0 aliphatic heterocycles. The predicted molar refractivity (Wildman–Crippen MR) is 79.5 cm³/mol. The molecule has 0 aromatic heterocycles. The summed E-state index contributed by atoms with van der Waals surface area (Å²) in [4.78, 5) is 3.93. The molecule has 2 aromatic carbocycles. The van der Waals surface area contributed by atoms with E-state index in [1.807, 2.05) is 0 Å². The second kappa shape index (κ2) is 6.07. The Morgan fingerprint density at radius 1 is 1.19 bits per heavy atom. The van der Waals surface area contributed by atoms with Crippen LogP contribution < -0.4 is 0 Å². The molecule has 0 amide bonds. The molecule has 0 saturated heterocycles. The van der Waals surface area contributed by atoms with E-state index in [0.29, 0.717) is 10.0 Å². The Morgan fingerprint density at radius 3 is 2.57 bits per heavy atom. The summed E-state index contributed by atoms with van der Waals surface area (Å²) in [6, 6.07) is 7.64. The van der Waals surface area contributed by atoms with Gasteiger partial charge in [0.1, 0.15) is 5.75 Å². The molecular weight excluding hydrogens is 371 g/mol. The number of nitrogens with zero attached hydrogens (tertiary/aromatic N) is 1. The molecule has 0 aliphatic rings. The average Bonchev–Trinajstić information content (AvgIpc) is 2.40. The molecule has 2 rings (SSSR count). The molecule has 0 aliphatic carbocycles. The Hall–Kier alpha value is -1.53. The van der Waals surface area contributed by atoms with Crippen LogP contribution in [0.4, 0.5) is 18.9 Å². The predicted octanol–water partition coefficient (Wildman–Crippen LogP) is 5.58. The normalized spacial score (nSPS) is 12.0. The van der Waals surface area contributed by atoms with Gasteiger partial charge in [0.15, 0.2) is 0 Å². The van der Waals surface area contributed by atoms with Gasteiger partial charge in [0.2, 0.25) is 0 Å². The Morgan fingerprint density at radius 2 is 1.90 bits per heavy atom. The summed E-state index contributed by atoms with van der Waals surface area (Å²) in [5.41, 5.74) is -0.360. The highest BCUT2D eigenvalue weighted by Gasteiger charge is 2.30. The molecule has 0 radical (unpaired) electrons. The van der Waals surface area contributed by atoms with E-state index >= 15 is 0 Å². The lowest BCUT2D eigenvalue weighted by atomic mass is 10.2. The maximum Gasteiger partial charge on any atom is 0.416 e. The van der Waals surface area contributed by atoms with Crippen molar-refractivity contribution in [3.63, 3.8) is 0 Å². The molecule has 0 saturated carbocycles. The van der Waals surface area contributed by atoms with Crippen molar-refractivity contribution in [2.45, 2.75) is 6.18 Å². The van der Waals surface area contributed by atoms with Gasteiger partial charge in [0.05, 0.1) is 16.3 Å². The van der Waals surface area contributed by atoms with Crippen LogP contribution in [0, 0.1) is 0 Å². The van der Waals surface area contributed by atoms with Crippen LogP contribution in [0.1, 0.15) is 11.1 Å². The maximum absolute atomic E-state index is 12.6. The first-order valence-corrected chi connectivity index (χ1v) is 6.84. The first-order valence-electron chi connectivity index (χ1n) is 5.67. The molecule has 7 heteroatoms. The summed E-state index contributed by atoms with van der Waals surface area (Å²) in [7, 11) is 0. The van der Waals surface area contributed by atoms with Crippen molar-refractivity contribution in [2.24, 2.45) is 4.99 Å². The van der Waals surface area contributed by atoms with Crippen LogP contribution in [0.15, 0.2) is 45.9 Å². The van der Waals surface area contributed by atoms with Crippen molar-refractivity contribution < 1.29 is 18.3 Å². The fourth-order valence-electron chi connectivity index (χ4n) is 1.59. The van der Waals surface area contributed by atoms with Gasteiger partial charge in [-0.15, -0.1) is 0 Å². The molecule has 21 heavy (non-hydrogen) atoms. The number of rotatable bonds is 2. The van der Waals surface area contributed by atoms with Gasteiger partial charge in [-0.05, 0) is 30.3 Å². The van der Waals surface area contributed by atoms with Crippen LogP contribution in [-0.2, 0) is 6.18 Å². The van der Waals surface area contributed by atoms with Gasteiger partial charge in [-0.3, -0.25) is 4.99 Å². The van der Waals surface area contributed by atoms with Crippen LogP contribution in [0.2, 0.25) is 5.02 Å². The number of benzene rings is 2. The Kier molecular flexibility index (Phi) is 4.58. The zero-order valence-corrected chi connectivity index (χ0v) is 12.7. The van der Waals surface area contributed by atoms with Crippen molar-refractivity contribution in [2.75, 3.05) is 0 Å². The highest BCUT2D eigenvalue weighted by molar-refractivity contribution is 9.10. The topological polar surface area (TPSA) is 32.6 Å². The molecule has 0 fully saturated rings. The monoisotopic (exact) mass is 377 g/mol. The average molecular weight is 379 g/mol. The second-order valence-electron chi connectivity index (χ2n) is 4.13. The van der Waals surface area contributed by atoms with Crippen LogP contribution >= 0.6 is 27.5 Å². The molecule has 0 atom stereocenters. The number of phenolic OH excluding ortho intramolecular Hbond substituents is 1. The van der Waals surface area contributed by atoms with Gasteiger partial charge in [0, 0.05) is 16.3 Å². The zero-order valence-electron chi connectivity index (χ0n) is 10.3. The maximum atomic E-state index is 12.6. The standard InChI is InChI=1S/C14H8BrClF3NO/c15-10-4-8(13(21)12(16)6-10)7-20-11-3-1-2-9(5-11)14(17,18)19/h1-7,21H. The van der Waals surface area contributed by atoms with Crippen molar-refractivity contribution in [1.29, 1.82) is 0 Å². The summed E-state index contributed by atoms with van der Waals surface area (Å²) >= 11 is 9.00. The first-order chi connectivity index (χ1) is 9.77. The minimum absolute atomic E-state index is 0.120. The summed E-state index contributed by atoms with van der Waals surface area (Å²) in [6.45, 7) is 0. The zero-order chi connectivity index (χ0) is 15.6. The molecule has 0 spiro atoms. The summed E-state index contributed by atoms with van der Waals surface area (Å²) in [6.07, 6.45) is -3.17. The summed E-state index contributed by atoms with van der Waals surface area (Å²) in [5.74, 6) is -0.185. The van der Waals surface area contributed by atoms with E-state index in [-0.39, 0.29) is 16.5 Å². The number of alkyl halides is 3. The Balaban J connectivity index is 2.34. The number of halogens is 5. The largest absolute Gasteiger partial charge is 0.506 e. The van der Waals surface area contributed by atoms with E-state index in [0.717, 1.165) is 12.1 Å². The fourth-order valence-corrected chi connectivity index (χ4v) is 2.42. The van der Waals surface area contributed by atoms with E-state index in [2.05, 4.69) is 20.9 Å². The van der Waals surface area contributed by atoms with Crippen LogP contribution in [0.25, 0.3) is 0 Å². The third kappa shape index (κ3) is 3.98. The Bertz CT molecular complexity index is 701. The minimum Gasteiger partial charge on any atom is -0.506 e. The molecule has 110 valence electrons. The van der Waals surface area contributed by atoms with Crippen molar-refractivity contribution in [1.82, 2.24) is 0 Å². The van der Waals surface area contributed by atoms with Gasteiger partial charge in [0.25, 0.3) is 0 Å². The lowest BCUT2D eigenvalue weighted by Gasteiger charge is -2.06. The molecular formula is C14H8BrClF3NO. The number of hydrogen-bond donors (Lipinski definition) is 1. The van der Waals surface area contributed by atoms with Gasteiger partial charge in [-0.2, -0.15) is 13.2 Å². The number of aliphatic imine (C=N–C) groups is 1. The van der Waals surface area contributed by atoms with E-state index in [1.165, 1.54) is 24.4 Å². The minimum atomic E-state index is -4.42. The van der Waals surface area contributed by atoms with E-state index in [4.69, 9.17) is 11.6 Å². The molecule has 0 unspecified atom stereocenters. The van der Waals surface area contributed by atoms with Crippen LogP contribution in [0.5, 0.6) is 5.75 Å². The lowest BCUT2D eigenvalue weighted by Crippen LogP contribution is -2.03. The SMILES string of the molecule is Oc1c(Cl)cc(Br)cc1C=Nc1cccc(C(F)(F)F)c1. The van der Waals surface area contributed by atoms with E-state index in [9.17, 15) is 18.3 Å². The highest BCUT2D eigenvalue weighted by Crippen LogP contribution is 2.32. The quantitative estimate of drug-likeness (QED) is 0.680. The molecule has 2 aromatic rings. The first kappa shape index (κ1) is 15.9. The van der Waals surface area contributed by atoms with Gasteiger partial charge in [-0.25, -0.2) is 0 Å².